The molecule has 0 spiro atoms. The zero-order chi connectivity index (χ0) is 28.2. The highest BCUT2D eigenvalue weighted by atomic mass is 35.5. The first-order chi connectivity index (χ1) is 19.1. The van der Waals surface area contributed by atoms with E-state index in [4.69, 9.17) is 28.2 Å². The van der Waals surface area contributed by atoms with Gasteiger partial charge >= 0.3 is 0 Å². The maximum atomic E-state index is 13.4. The minimum atomic E-state index is 0.0706. The van der Waals surface area contributed by atoms with Crippen LogP contribution in [0.5, 0.6) is 0 Å². The summed E-state index contributed by atoms with van der Waals surface area (Å²) in [5, 5.41) is 8.49. The Morgan fingerprint density at radius 2 is 1.98 bits per heavy atom. The van der Waals surface area contributed by atoms with E-state index in [1.165, 1.54) is 6.42 Å². The summed E-state index contributed by atoms with van der Waals surface area (Å²) in [6.45, 7) is 13.5. The molecule has 5 atom stereocenters. The zero-order valence-corrected chi connectivity index (χ0v) is 25.5. The second-order valence-electron chi connectivity index (χ2n) is 13.0. The first-order valence-electron chi connectivity index (χ1n) is 14.8. The van der Waals surface area contributed by atoms with Crippen LogP contribution in [-0.2, 0) is 13.0 Å². The normalized spacial score (nSPS) is 29.3. The lowest BCUT2D eigenvalue weighted by molar-refractivity contribution is -0.108. The second kappa shape index (κ2) is 10.8. The quantitative estimate of drug-likeness (QED) is 0.320. The van der Waals surface area contributed by atoms with E-state index in [2.05, 4.69) is 55.4 Å². The number of piperazine rings is 1. The molecule has 5 aliphatic rings. The van der Waals surface area contributed by atoms with Gasteiger partial charge in [0.2, 0.25) is 0 Å². The number of guanidine groups is 1. The third-order valence-corrected chi connectivity index (χ3v) is 10.8. The van der Waals surface area contributed by atoms with E-state index in [9.17, 15) is 4.79 Å². The number of aliphatic imine (C=N–C) groups is 1. The first kappa shape index (κ1) is 27.9. The smallest absolute Gasteiger partial charge is 0.254 e. The third-order valence-electron chi connectivity index (χ3n) is 10.2. The molecule has 3 aliphatic carbocycles. The number of fused-ring (bicyclic) bond motifs is 3. The Kier molecular flexibility index (Phi) is 7.56. The fraction of sp³-hybridized carbons (Fsp3) is 0.562. The molecule has 2 aromatic rings. The maximum absolute atomic E-state index is 13.4. The maximum Gasteiger partial charge on any atom is 0.254 e. The largest absolute Gasteiger partial charge is 0.340 e. The Bertz CT molecular complexity index is 1330. The molecule has 2 aromatic carbocycles. The molecule has 40 heavy (non-hydrogen) atoms. The summed E-state index contributed by atoms with van der Waals surface area (Å²) >= 11 is 12.4. The van der Waals surface area contributed by atoms with Crippen molar-refractivity contribution in [2.75, 3.05) is 31.5 Å². The molecular weight excluding hydrogens is 541 g/mol. The molecule has 0 unspecified atom stereocenters. The van der Waals surface area contributed by atoms with Gasteiger partial charge in [-0.1, -0.05) is 56.1 Å². The fourth-order valence-electron chi connectivity index (χ4n) is 7.50. The van der Waals surface area contributed by atoms with E-state index in [0.29, 0.717) is 53.0 Å². The van der Waals surface area contributed by atoms with Crippen molar-refractivity contribution in [3.05, 3.63) is 63.1 Å². The molecule has 0 aromatic heterocycles. The molecule has 6 nitrogen and oxygen atoms in total. The molecule has 1 saturated heterocycles. The Hall–Kier alpha value is -2.28. The van der Waals surface area contributed by atoms with Gasteiger partial charge in [-0.3, -0.25) is 4.79 Å². The Morgan fingerprint density at radius 3 is 2.70 bits per heavy atom. The predicted octanol–water partition coefficient (Wildman–Crippen LogP) is 6.32. The van der Waals surface area contributed by atoms with Crippen LogP contribution < -0.4 is 10.6 Å². The molecule has 214 valence electrons. The second-order valence-corrected chi connectivity index (χ2v) is 13.8. The SMILES string of the molecule is C[C@@H]1[C@@H](N=C(Nc2ccc3c(c2)C(=O)N(CCc2ccc(Cl)cc2Cl)C3)N2CCN[C@@H](C)C2)C[C@H]2C[C@@H]1C2(C)C. The standard InChI is InChI=1S/C32H41Cl2N5O/c1-19-17-39(12-10-35-19)31(37-29-14-23-13-27(20(29)2)32(23,3)4)36-25-8-6-22-18-38(30(40)26(22)16-25)11-9-21-5-7-24(33)15-28(21)34/h5-8,15-16,19-20,23,27,29,35H,9-14,17-18H2,1-4H3,(H,36,37)/t19-,20-,23+,27-,29-/m0/s1. The third kappa shape index (κ3) is 5.23. The molecule has 3 saturated carbocycles. The van der Waals surface area contributed by atoms with E-state index < -0.39 is 0 Å². The Labute approximate surface area is 248 Å². The fourth-order valence-corrected chi connectivity index (χ4v) is 8.00. The first-order valence-corrected chi connectivity index (χ1v) is 15.5. The number of carbonyl (C=O) groups is 1. The minimum Gasteiger partial charge on any atom is -0.340 e. The highest BCUT2D eigenvalue weighted by molar-refractivity contribution is 6.35. The van der Waals surface area contributed by atoms with Crippen LogP contribution in [0.3, 0.4) is 0 Å². The number of halogens is 2. The van der Waals surface area contributed by atoms with Gasteiger partial charge in [-0.05, 0) is 84.7 Å². The van der Waals surface area contributed by atoms with Gasteiger partial charge in [-0.2, -0.15) is 0 Å². The number of hydrogen-bond donors (Lipinski definition) is 2. The van der Waals surface area contributed by atoms with Crippen LogP contribution in [0.2, 0.25) is 10.0 Å². The minimum absolute atomic E-state index is 0.0706. The van der Waals surface area contributed by atoms with Gasteiger partial charge in [0, 0.05) is 60.1 Å². The Morgan fingerprint density at radius 1 is 1.15 bits per heavy atom. The van der Waals surface area contributed by atoms with Crippen LogP contribution in [-0.4, -0.2) is 59.9 Å². The van der Waals surface area contributed by atoms with Gasteiger partial charge in [-0.15, -0.1) is 0 Å². The zero-order valence-electron chi connectivity index (χ0n) is 24.0. The number of carbonyl (C=O) groups excluding carboxylic acids is 1. The van der Waals surface area contributed by atoms with Crippen molar-refractivity contribution in [2.24, 2.45) is 28.2 Å². The van der Waals surface area contributed by atoms with Gasteiger partial charge < -0.3 is 20.4 Å². The summed E-state index contributed by atoms with van der Waals surface area (Å²) in [5.41, 5.74) is 4.20. The van der Waals surface area contributed by atoms with Crippen LogP contribution in [0.25, 0.3) is 0 Å². The van der Waals surface area contributed by atoms with Crippen LogP contribution in [0.1, 0.15) is 62.0 Å². The Balaban J connectivity index is 1.19. The summed E-state index contributed by atoms with van der Waals surface area (Å²) in [4.78, 5) is 23.1. The molecule has 2 N–H and O–H groups in total. The van der Waals surface area contributed by atoms with E-state index >= 15 is 0 Å². The lowest BCUT2D eigenvalue weighted by Gasteiger charge is -2.61. The van der Waals surface area contributed by atoms with Gasteiger partial charge in [0.15, 0.2) is 5.96 Å². The lowest BCUT2D eigenvalue weighted by atomic mass is 9.45. The average Bonchev–Trinajstić information content (AvgIpc) is 3.23. The molecule has 2 aliphatic heterocycles. The molecule has 2 bridgehead atoms. The van der Waals surface area contributed by atoms with Crippen molar-refractivity contribution < 1.29 is 4.79 Å². The van der Waals surface area contributed by atoms with E-state index in [0.717, 1.165) is 66.2 Å². The summed E-state index contributed by atoms with van der Waals surface area (Å²) in [6, 6.07) is 12.5. The van der Waals surface area contributed by atoms with Crippen molar-refractivity contribution in [2.45, 2.75) is 65.6 Å². The monoisotopic (exact) mass is 581 g/mol. The molecule has 1 amide bonds. The molecule has 2 heterocycles. The number of nitrogens with zero attached hydrogens (tertiary/aromatic N) is 3. The number of nitrogens with one attached hydrogen (secondary N) is 2. The number of benzene rings is 2. The number of amides is 1. The van der Waals surface area contributed by atoms with E-state index in [1.54, 1.807) is 6.07 Å². The summed E-state index contributed by atoms with van der Waals surface area (Å²) in [6.07, 6.45) is 3.20. The summed E-state index contributed by atoms with van der Waals surface area (Å²) in [5.74, 6) is 3.10. The molecular formula is C32H41Cl2N5O. The van der Waals surface area contributed by atoms with Crippen LogP contribution >= 0.6 is 23.2 Å². The number of anilines is 1. The van der Waals surface area contributed by atoms with Crippen molar-refractivity contribution in [1.29, 1.82) is 0 Å². The van der Waals surface area contributed by atoms with Crippen molar-refractivity contribution in [3.8, 4) is 0 Å². The molecule has 7 rings (SSSR count). The van der Waals surface area contributed by atoms with Crippen molar-refractivity contribution in [1.82, 2.24) is 15.1 Å². The van der Waals surface area contributed by atoms with E-state index in [-0.39, 0.29) is 5.91 Å². The molecule has 0 radical (unpaired) electrons. The van der Waals surface area contributed by atoms with Gasteiger partial charge in [0.25, 0.3) is 5.91 Å². The van der Waals surface area contributed by atoms with Crippen molar-refractivity contribution >= 4 is 40.8 Å². The summed E-state index contributed by atoms with van der Waals surface area (Å²) < 4.78 is 0. The van der Waals surface area contributed by atoms with Crippen LogP contribution in [0.4, 0.5) is 5.69 Å². The topological polar surface area (TPSA) is 60.0 Å². The van der Waals surface area contributed by atoms with E-state index in [1.807, 2.05) is 23.1 Å². The van der Waals surface area contributed by atoms with Gasteiger partial charge in [0.05, 0.1) is 6.04 Å². The molecule has 4 fully saturated rings. The van der Waals surface area contributed by atoms with Crippen LogP contribution in [0.15, 0.2) is 41.4 Å². The lowest BCUT2D eigenvalue weighted by Crippen LogP contribution is -2.57. The summed E-state index contributed by atoms with van der Waals surface area (Å²) in [7, 11) is 0. The highest BCUT2D eigenvalue weighted by Crippen LogP contribution is 2.61. The number of hydrogen-bond acceptors (Lipinski definition) is 3. The van der Waals surface area contributed by atoms with Gasteiger partial charge in [-0.25, -0.2) is 4.99 Å². The average molecular weight is 583 g/mol. The number of rotatable bonds is 5. The van der Waals surface area contributed by atoms with Crippen molar-refractivity contribution in [3.63, 3.8) is 0 Å². The molecule has 8 heteroatoms. The predicted molar refractivity (Wildman–Crippen MR) is 164 cm³/mol. The highest BCUT2D eigenvalue weighted by Gasteiger charge is 2.56. The van der Waals surface area contributed by atoms with Crippen LogP contribution in [0, 0.1) is 23.2 Å². The van der Waals surface area contributed by atoms with Gasteiger partial charge in [0.1, 0.15) is 0 Å².